The van der Waals surface area contributed by atoms with Gasteiger partial charge in [0.2, 0.25) is 5.95 Å². The highest BCUT2D eigenvalue weighted by molar-refractivity contribution is 5.72. The van der Waals surface area contributed by atoms with Crippen molar-refractivity contribution in [3.63, 3.8) is 0 Å². The zero-order valence-electron chi connectivity index (χ0n) is 9.37. The van der Waals surface area contributed by atoms with E-state index in [1.165, 1.54) is 11.6 Å². The molecule has 7 heteroatoms. The van der Waals surface area contributed by atoms with Gasteiger partial charge in [0.05, 0.1) is 0 Å². The molecular weight excluding hydrogens is 210 g/mol. The molecule has 0 aliphatic carbocycles. The first-order valence-electron chi connectivity index (χ1n) is 4.95. The molecule has 16 heavy (non-hydrogen) atoms. The quantitative estimate of drug-likeness (QED) is 0.711. The molecule has 0 spiro atoms. The molecule has 0 fully saturated rings. The van der Waals surface area contributed by atoms with E-state index in [9.17, 15) is 9.59 Å². The van der Waals surface area contributed by atoms with Crippen molar-refractivity contribution >= 4 is 17.1 Å². The number of nitrogens with one attached hydrogen (secondary N) is 2. The highest BCUT2D eigenvalue weighted by Crippen LogP contribution is 2.07. The fraction of sp³-hybridized carbons (Fsp3) is 0.444. The second-order valence-corrected chi connectivity index (χ2v) is 3.52. The van der Waals surface area contributed by atoms with Crippen LogP contribution in [0.15, 0.2) is 9.59 Å². The summed E-state index contributed by atoms with van der Waals surface area (Å²) in [6, 6.07) is 0. The minimum atomic E-state index is -0.382. The first kappa shape index (κ1) is 10.5. The van der Waals surface area contributed by atoms with Crippen molar-refractivity contribution in [3.05, 3.63) is 20.8 Å². The van der Waals surface area contributed by atoms with Crippen LogP contribution in [0.1, 0.15) is 6.92 Å². The third kappa shape index (κ3) is 1.32. The normalized spacial score (nSPS) is 10.9. The highest BCUT2D eigenvalue weighted by atomic mass is 16.2. The summed E-state index contributed by atoms with van der Waals surface area (Å²) in [6.45, 7) is 2.61. The molecule has 2 rings (SSSR count). The van der Waals surface area contributed by atoms with Crippen molar-refractivity contribution < 1.29 is 0 Å². The van der Waals surface area contributed by atoms with Crippen molar-refractivity contribution in [2.24, 2.45) is 14.1 Å². The monoisotopic (exact) mass is 223 g/mol. The van der Waals surface area contributed by atoms with E-state index in [0.717, 1.165) is 4.57 Å². The number of nitrogens with zero attached hydrogens (tertiary/aromatic N) is 3. The summed E-state index contributed by atoms with van der Waals surface area (Å²) in [5.74, 6) is 0.496. The molecule has 0 aliphatic heterocycles. The average molecular weight is 223 g/mol. The van der Waals surface area contributed by atoms with Gasteiger partial charge in [-0.25, -0.2) is 4.79 Å². The Bertz CT molecular complexity index is 648. The topological polar surface area (TPSA) is 84.7 Å². The van der Waals surface area contributed by atoms with Gasteiger partial charge in [-0.3, -0.25) is 13.9 Å². The minimum absolute atomic E-state index is 0.334. The second-order valence-electron chi connectivity index (χ2n) is 3.52. The van der Waals surface area contributed by atoms with Crippen LogP contribution < -0.4 is 16.6 Å². The fourth-order valence-corrected chi connectivity index (χ4v) is 1.58. The van der Waals surface area contributed by atoms with E-state index in [1.54, 1.807) is 7.05 Å². The number of imidazole rings is 1. The number of anilines is 1. The molecule has 2 heterocycles. The zero-order chi connectivity index (χ0) is 11.9. The van der Waals surface area contributed by atoms with Gasteiger partial charge in [-0.2, -0.15) is 4.98 Å². The van der Waals surface area contributed by atoms with Gasteiger partial charge in [0.25, 0.3) is 5.56 Å². The maximum absolute atomic E-state index is 11.8. The molecule has 2 N–H and O–H groups in total. The van der Waals surface area contributed by atoms with Gasteiger partial charge < -0.3 is 10.3 Å². The Morgan fingerprint density at radius 2 is 2.00 bits per heavy atom. The summed E-state index contributed by atoms with van der Waals surface area (Å²) in [4.78, 5) is 30.4. The predicted octanol–water partition coefficient (Wildman–Crippen LogP) is -0.608. The lowest BCUT2D eigenvalue weighted by molar-refractivity contribution is 0.709. The van der Waals surface area contributed by atoms with Gasteiger partial charge in [-0.15, -0.1) is 0 Å². The Balaban J connectivity index is 2.87. The van der Waals surface area contributed by atoms with E-state index in [1.807, 2.05) is 6.92 Å². The van der Waals surface area contributed by atoms with Gasteiger partial charge in [-0.1, -0.05) is 0 Å². The third-order valence-corrected chi connectivity index (χ3v) is 2.44. The number of aromatic amines is 1. The van der Waals surface area contributed by atoms with Crippen LogP contribution in [0.2, 0.25) is 0 Å². The van der Waals surface area contributed by atoms with E-state index >= 15 is 0 Å². The number of H-pyrrole nitrogens is 1. The highest BCUT2D eigenvalue weighted by Gasteiger charge is 2.12. The Morgan fingerprint density at radius 1 is 1.31 bits per heavy atom. The van der Waals surface area contributed by atoms with Crippen LogP contribution in [0, 0.1) is 0 Å². The molecule has 0 aromatic carbocycles. The average Bonchev–Trinajstić information content (AvgIpc) is 2.68. The van der Waals surface area contributed by atoms with E-state index in [2.05, 4.69) is 15.3 Å². The number of aryl methyl sites for hydroxylation is 1. The fourth-order valence-electron chi connectivity index (χ4n) is 1.58. The van der Waals surface area contributed by atoms with Crippen molar-refractivity contribution in [2.75, 3.05) is 11.9 Å². The molecular formula is C9H13N5O2. The van der Waals surface area contributed by atoms with Crippen LogP contribution in [0.3, 0.4) is 0 Å². The van der Waals surface area contributed by atoms with Crippen molar-refractivity contribution in [1.82, 2.24) is 19.1 Å². The van der Waals surface area contributed by atoms with Crippen LogP contribution in [0.4, 0.5) is 5.95 Å². The van der Waals surface area contributed by atoms with Crippen molar-refractivity contribution in [3.8, 4) is 0 Å². The molecule has 0 bridgehead atoms. The van der Waals surface area contributed by atoms with Crippen LogP contribution in [-0.2, 0) is 14.1 Å². The molecule has 86 valence electrons. The van der Waals surface area contributed by atoms with Crippen molar-refractivity contribution in [1.29, 1.82) is 0 Å². The maximum atomic E-state index is 11.8. The Labute approximate surface area is 90.7 Å². The molecule has 2 aromatic rings. The Kier molecular flexibility index (Phi) is 2.30. The predicted molar refractivity (Wildman–Crippen MR) is 60.7 cm³/mol. The number of rotatable bonds is 2. The second kappa shape index (κ2) is 3.51. The van der Waals surface area contributed by atoms with Crippen LogP contribution in [-0.4, -0.2) is 25.6 Å². The van der Waals surface area contributed by atoms with Gasteiger partial charge in [0, 0.05) is 20.6 Å². The van der Waals surface area contributed by atoms with Crippen LogP contribution in [0.5, 0.6) is 0 Å². The summed E-state index contributed by atoms with van der Waals surface area (Å²) >= 11 is 0. The smallest absolute Gasteiger partial charge is 0.332 e. The number of fused-ring (bicyclic) bond motifs is 1. The molecule has 0 radical (unpaired) electrons. The van der Waals surface area contributed by atoms with E-state index < -0.39 is 0 Å². The lowest BCUT2D eigenvalue weighted by atomic mass is 10.5. The molecule has 2 aromatic heterocycles. The summed E-state index contributed by atoms with van der Waals surface area (Å²) in [5.41, 5.74) is -0.0496. The molecule has 0 atom stereocenters. The summed E-state index contributed by atoms with van der Waals surface area (Å²) in [6.07, 6.45) is 0. The van der Waals surface area contributed by atoms with Crippen LogP contribution >= 0.6 is 0 Å². The van der Waals surface area contributed by atoms with Gasteiger partial charge >= 0.3 is 5.69 Å². The molecule has 0 amide bonds. The lowest BCUT2D eigenvalue weighted by Crippen LogP contribution is -2.36. The first-order chi connectivity index (χ1) is 7.56. The zero-order valence-corrected chi connectivity index (χ0v) is 9.37. The minimum Gasteiger partial charge on any atom is -0.356 e. The lowest BCUT2D eigenvalue weighted by Gasteiger charge is -2.00. The van der Waals surface area contributed by atoms with E-state index in [4.69, 9.17) is 0 Å². The van der Waals surface area contributed by atoms with E-state index in [-0.39, 0.29) is 11.2 Å². The maximum Gasteiger partial charge on any atom is 0.332 e. The number of aromatic nitrogens is 4. The first-order valence-corrected chi connectivity index (χ1v) is 4.95. The van der Waals surface area contributed by atoms with Gasteiger partial charge in [0.1, 0.15) is 0 Å². The van der Waals surface area contributed by atoms with Crippen molar-refractivity contribution in [2.45, 2.75) is 6.92 Å². The number of hydrogen-bond donors (Lipinski definition) is 2. The number of hydrogen-bond acceptors (Lipinski definition) is 4. The third-order valence-electron chi connectivity index (χ3n) is 2.44. The molecule has 0 aliphatic rings. The SMILES string of the molecule is CCNc1nc2c([nH]1)c(=O)n(C)c(=O)n2C. The standard InChI is InChI=1S/C9H13N5O2/c1-4-10-8-11-5-6(12-8)13(2)9(16)14(3)7(5)15/h4H2,1-3H3,(H2,10,11,12). The van der Waals surface area contributed by atoms with Crippen LogP contribution in [0.25, 0.3) is 11.2 Å². The summed E-state index contributed by atoms with van der Waals surface area (Å²) in [5, 5.41) is 2.96. The van der Waals surface area contributed by atoms with E-state index in [0.29, 0.717) is 23.7 Å². The molecule has 0 saturated heterocycles. The summed E-state index contributed by atoms with van der Waals surface area (Å²) in [7, 11) is 3.03. The molecule has 7 nitrogen and oxygen atoms in total. The Morgan fingerprint density at radius 3 is 2.62 bits per heavy atom. The summed E-state index contributed by atoms with van der Waals surface area (Å²) < 4.78 is 2.39. The molecule has 0 saturated carbocycles. The van der Waals surface area contributed by atoms with Gasteiger partial charge in [0.15, 0.2) is 11.2 Å². The molecule has 0 unspecified atom stereocenters. The van der Waals surface area contributed by atoms with Gasteiger partial charge in [-0.05, 0) is 6.92 Å². The largest absolute Gasteiger partial charge is 0.356 e. The Hall–Kier alpha value is -2.05.